The van der Waals surface area contributed by atoms with Crippen molar-refractivity contribution in [1.29, 1.82) is 0 Å². The molecule has 1 aromatic heterocycles. The summed E-state index contributed by atoms with van der Waals surface area (Å²) in [5, 5.41) is 0.328. The monoisotopic (exact) mass is 382 g/mol. The van der Waals surface area contributed by atoms with E-state index in [1.807, 2.05) is 31.2 Å². The van der Waals surface area contributed by atoms with E-state index in [0.29, 0.717) is 17.7 Å². The van der Waals surface area contributed by atoms with Crippen LogP contribution >= 0.6 is 0 Å². The number of benzene rings is 2. The van der Waals surface area contributed by atoms with Gasteiger partial charge in [-0.25, -0.2) is 4.79 Å². The van der Waals surface area contributed by atoms with Crippen LogP contribution in [-0.4, -0.2) is 12.8 Å². The number of ether oxygens (including phenoxy) is 3. The van der Waals surface area contributed by atoms with Crippen molar-refractivity contribution in [2.45, 2.75) is 33.1 Å². The molecule has 0 atom stereocenters. The average Bonchev–Trinajstić information content (AvgIpc) is 2.71. The van der Waals surface area contributed by atoms with Crippen LogP contribution in [0.2, 0.25) is 0 Å². The topological polar surface area (TPSA) is 75.0 Å². The molecule has 0 aliphatic heterocycles. The van der Waals surface area contributed by atoms with Crippen molar-refractivity contribution in [3.8, 4) is 17.2 Å². The van der Waals surface area contributed by atoms with Gasteiger partial charge in [0, 0.05) is 6.07 Å². The fourth-order valence-electron chi connectivity index (χ4n) is 2.57. The minimum absolute atomic E-state index is 0.0874. The van der Waals surface area contributed by atoms with Gasteiger partial charge >= 0.3 is 6.16 Å². The Kier molecular flexibility index (Phi) is 6.32. The van der Waals surface area contributed by atoms with Crippen molar-refractivity contribution < 1.29 is 23.4 Å². The van der Waals surface area contributed by atoms with Crippen molar-refractivity contribution >= 4 is 17.1 Å². The quantitative estimate of drug-likeness (QED) is 0.307. The molecule has 6 heteroatoms. The number of unbranched alkanes of at least 4 members (excludes halogenated alkanes) is 1. The lowest BCUT2D eigenvalue weighted by Gasteiger charge is -2.08. The van der Waals surface area contributed by atoms with Gasteiger partial charge in [-0.05, 0) is 42.7 Å². The molecule has 0 unspecified atom stereocenters. The Morgan fingerprint density at radius 1 is 1.04 bits per heavy atom. The van der Waals surface area contributed by atoms with Gasteiger partial charge in [-0.3, -0.25) is 4.79 Å². The van der Waals surface area contributed by atoms with Crippen molar-refractivity contribution in [2.24, 2.45) is 0 Å². The Hall–Kier alpha value is -3.28. The van der Waals surface area contributed by atoms with E-state index >= 15 is 0 Å². The van der Waals surface area contributed by atoms with Gasteiger partial charge in [-0.2, -0.15) is 0 Å². The maximum atomic E-state index is 12.6. The van der Waals surface area contributed by atoms with E-state index in [9.17, 15) is 9.59 Å². The molecule has 146 valence electrons. The summed E-state index contributed by atoms with van der Waals surface area (Å²) in [7, 11) is 0. The number of carbonyl (C=O) groups is 1. The van der Waals surface area contributed by atoms with Gasteiger partial charge < -0.3 is 18.6 Å². The Labute approximate surface area is 162 Å². The number of hydrogen-bond donors (Lipinski definition) is 0. The molecule has 0 radical (unpaired) electrons. The number of aryl methyl sites for hydroxylation is 1. The Balaban J connectivity index is 1.76. The van der Waals surface area contributed by atoms with Gasteiger partial charge in [0.2, 0.25) is 11.2 Å². The molecule has 0 spiro atoms. The van der Waals surface area contributed by atoms with E-state index < -0.39 is 6.16 Å². The number of rotatable bonds is 7. The van der Waals surface area contributed by atoms with E-state index in [4.69, 9.17) is 18.6 Å². The SMILES string of the molecule is CCCCOC(=O)Oc1ccc2c(=O)c(Oc3ccc(CC)cc3)coc2c1. The molecule has 2 aromatic carbocycles. The highest BCUT2D eigenvalue weighted by molar-refractivity contribution is 5.80. The summed E-state index contributed by atoms with van der Waals surface area (Å²) < 4.78 is 21.2. The van der Waals surface area contributed by atoms with Crippen LogP contribution in [0.15, 0.2) is 57.9 Å². The number of carbonyl (C=O) groups excluding carboxylic acids is 1. The summed E-state index contributed by atoms with van der Waals surface area (Å²) in [6, 6.07) is 12.0. The zero-order valence-corrected chi connectivity index (χ0v) is 15.9. The van der Waals surface area contributed by atoms with Crippen LogP contribution in [0.25, 0.3) is 11.0 Å². The van der Waals surface area contributed by atoms with E-state index in [-0.39, 0.29) is 22.5 Å². The van der Waals surface area contributed by atoms with Gasteiger partial charge in [-0.15, -0.1) is 0 Å². The van der Waals surface area contributed by atoms with Crippen LogP contribution in [0.3, 0.4) is 0 Å². The largest absolute Gasteiger partial charge is 0.513 e. The van der Waals surface area contributed by atoms with Gasteiger partial charge in [0.05, 0.1) is 12.0 Å². The molecule has 6 nitrogen and oxygen atoms in total. The molecule has 0 N–H and O–H groups in total. The highest BCUT2D eigenvalue weighted by Crippen LogP contribution is 2.24. The molecular formula is C22H22O6. The minimum Gasteiger partial charge on any atom is -0.460 e. The zero-order valence-electron chi connectivity index (χ0n) is 15.9. The fourth-order valence-corrected chi connectivity index (χ4v) is 2.57. The molecule has 3 rings (SSSR count). The first-order chi connectivity index (χ1) is 13.6. The smallest absolute Gasteiger partial charge is 0.460 e. The molecular weight excluding hydrogens is 360 g/mol. The second-order valence-electron chi connectivity index (χ2n) is 6.24. The third kappa shape index (κ3) is 4.71. The summed E-state index contributed by atoms with van der Waals surface area (Å²) in [5.41, 5.74) is 1.16. The second-order valence-corrected chi connectivity index (χ2v) is 6.24. The van der Waals surface area contributed by atoms with Gasteiger partial charge in [0.25, 0.3) is 0 Å². The number of hydrogen-bond acceptors (Lipinski definition) is 6. The molecule has 0 aliphatic rings. The van der Waals surface area contributed by atoms with Crippen LogP contribution in [0.1, 0.15) is 32.3 Å². The maximum absolute atomic E-state index is 12.6. The molecule has 0 saturated carbocycles. The first-order valence-corrected chi connectivity index (χ1v) is 9.27. The standard InChI is InChI=1S/C22H22O6/c1-3-5-12-25-22(24)28-17-10-11-18-19(13-17)26-14-20(21(18)23)27-16-8-6-15(4-2)7-9-16/h6-11,13-14H,3-5,12H2,1-2H3. The zero-order chi connectivity index (χ0) is 19.9. The molecule has 0 saturated heterocycles. The highest BCUT2D eigenvalue weighted by Gasteiger charge is 2.12. The van der Waals surface area contributed by atoms with Crippen molar-refractivity contribution in [3.05, 3.63) is 64.5 Å². The van der Waals surface area contributed by atoms with E-state index in [1.165, 1.54) is 30.0 Å². The highest BCUT2D eigenvalue weighted by atomic mass is 16.7. The van der Waals surface area contributed by atoms with Gasteiger partial charge in [0.1, 0.15) is 23.3 Å². The van der Waals surface area contributed by atoms with E-state index in [1.54, 1.807) is 0 Å². The molecule has 28 heavy (non-hydrogen) atoms. The predicted octanol–water partition coefficient (Wildman–Crippen LogP) is 5.46. The molecule has 1 heterocycles. The second kappa shape index (κ2) is 9.08. The van der Waals surface area contributed by atoms with Crippen molar-refractivity contribution in [3.63, 3.8) is 0 Å². The van der Waals surface area contributed by atoms with Gasteiger partial charge in [0.15, 0.2) is 0 Å². The Bertz CT molecular complexity index is 1000. The van der Waals surface area contributed by atoms with E-state index in [0.717, 1.165) is 19.3 Å². The summed E-state index contributed by atoms with van der Waals surface area (Å²) in [4.78, 5) is 24.3. The molecule has 0 aliphatic carbocycles. The fraction of sp³-hybridized carbons (Fsp3) is 0.273. The van der Waals surface area contributed by atoms with E-state index in [2.05, 4.69) is 6.92 Å². The van der Waals surface area contributed by atoms with Crippen LogP contribution in [0.5, 0.6) is 17.2 Å². The molecule has 0 bridgehead atoms. The minimum atomic E-state index is -0.786. The first kappa shape index (κ1) is 19.5. The Morgan fingerprint density at radius 3 is 2.50 bits per heavy atom. The normalized spacial score (nSPS) is 10.6. The Morgan fingerprint density at radius 2 is 1.79 bits per heavy atom. The lowest BCUT2D eigenvalue weighted by molar-refractivity contribution is 0.0978. The van der Waals surface area contributed by atoms with Crippen LogP contribution < -0.4 is 14.9 Å². The maximum Gasteiger partial charge on any atom is 0.513 e. The lowest BCUT2D eigenvalue weighted by atomic mass is 10.2. The molecule has 3 aromatic rings. The van der Waals surface area contributed by atoms with Crippen LogP contribution in [0, 0.1) is 0 Å². The van der Waals surface area contributed by atoms with Crippen molar-refractivity contribution in [2.75, 3.05) is 6.61 Å². The predicted molar refractivity (Wildman–Crippen MR) is 105 cm³/mol. The summed E-state index contributed by atoms with van der Waals surface area (Å²) in [6.45, 7) is 4.37. The number of fused-ring (bicyclic) bond motifs is 1. The summed E-state index contributed by atoms with van der Waals surface area (Å²) >= 11 is 0. The summed E-state index contributed by atoms with van der Waals surface area (Å²) in [5.74, 6) is 0.879. The molecule has 0 amide bonds. The average molecular weight is 382 g/mol. The van der Waals surface area contributed by atoms with Crippen LogP contribution in [0.4, 0.5) is 4.79 Å². The lowest BCUT2D eigenvalue weighted by Crippen LogP contribution is -2.11. The van der Waals surface area contributed by atoms with Gasteiger partial charge in [-0.1, -0.05) is 32.4 Å². The molecule has 0 fully saturated rings. The third-order valence-electron chi connectivity index (χ3n) is 4.19. The van der Waals surface area contributed by atoms with Crippen molar-refractivity contribution in [1.82, 2.24) is 0 Å². The van der Waals surface area contributed by atoms with Crippen LogP contribution in [-0.2, 0) is 11.2 Å². The third-order valence-corrected chi connectivity index (χ3v) is 4.19. The summed E-state index contributed by atoms with van der Waals surface area (Å²) in [6.07, 6.45) is 3.08. The first-order valence-electron chi connectivity index (χ1n) is 9.27.